The van der Waals surface area contributed by atoms with Gasteiger partial charge in [0.1, 0.15) is 28.6 Å². The van der Waals surface area contributed by atoms with Crippen LogP contribution in [0, 0.1) is 5.82 Å². The van der Waals surface area contributed by atoms with E-state index in [4.69, 9.17) is 20.1 Å². The van der Waals surface area contributed by atoms with E-state index in [-0.39, 0.29) is 22.6 Å². The van der Waals surface area contributed by atoms with Gasteiger partial charge in [0, 0.05) is 28.4 Å². The minimum Gasteiger partial charge on any atom is -0.457 e. The Morgan fingerprint density at radius 3 is 2.35 bits per heavy atom. The van der Waals surface area contributed by atoms with Crippen molar-refractivity contribution in [1.29, 1.82) is 0 Å². The fraction of sp³-hybridized carbons (Fsp3) is 0.121. The molecular formula is C33H29FN6O3. The molecule has 0 bridgehead atoms. The average Bonchev–Trinajstić information content (AvgIpc) is 3.60. The molecule has 0 saturated heterocycles. The monoisotopic (exact) mass is 576 g/mol. The number of carbonyl (C=O) groups excluding carboxylic acids is 1. The number of rotatable bonds is 6. The van der Waals surface area contributed by atoms with E-state index < -0.39 is 11.8 Å². The second-order valence-corrected chi connectivity index (χ2v) is 11.0. The SMILES string of the molecule is CC(C)(C)c1cc(NC(=O)Nc2ccc(-n3nc(-c4ccc(Oc5ccccc5)cc4)c4c(N)cccc43)c(F)c2)no1. The molecule has 2 heterocycles. The summed E-state index contributed by atoms with van der Waals surface area (Å²) < 4.78 is 28.3. The van der Waals surface area contributed by atoms with Crippen molar-refractivity contribution in [3.05, 3.63) is 109 Å². The van der Waals surface area contributed by atoms with Crippen molar-refractivity contribution < 1.29 is 18.4 Å². The molecule has 6 rings (SSSR count). The molecule has 0 aliphatic heterocycles. The van der Waals surface area contributed by atoms with Crippen LogP contribution in [-0.4, -0.2) is 21.0 Å². The van der Waals surface area contributed by atoms with E-state index in [0.717, 1.165) is 11.3 Å². The Kier molecular flexibility index (Phi) is 7.03. The summed E-state index contributed by atoms with van der Waals surface area (Å²) in [4.78, 5) is 12.5. The molecule has 6 aromatic rings. The van der Waals surface area contributed by atoms with E-state index >= 15 is 4.39 Å². The Hall–Kier alpha value is -5.64. The molecule has 2 amide bonds. The van der Waals surface area contributed by atoms with Gasteiger partial charge >= 0.3 is 6.03 Å². The van der Waals surface area contributed by atoms with Crippen LogP contribution in [0.1, 0.15) is 26.5 Å². The van der Waals surface area contributed by atoms with Crippen molar-refractivity contribution in [2.45, 2.75) is 26.2 Å². The summed E-state index contributed by atoms with van der Waals surface area (Å²) >= 11 is 0. The number of ether oxygens (including phenoxy) is 1. The number of anilines is 3. The Morgan fingerprint density at radius 1 is 0.907 bits per heavy atom. The largest absolute Gasteiger partial charge is 0.457 e. The van der Waals surface area contributed by atoms with Crippen molar-refractivity contribution in [2.75, 3.05) is 16.4 Å². The molecule has 216 valence electrons. The molecule has 10 heteroatoms. The summed E-state index contributed by atoms with van der Waals surface area (Å²) in [6, 6.07) is 27.8. The lowest BCUT2D eigenvalue weighted by molar-refractivity contribution is 0.262. The topological polar surface area (TPSA) is 120 Å². The summed E-state index contributed by atoms with van der Waals surface area (Å²) in [6.45, 7) is 5.92. The number of nitrogens with one attached hydrogen (secondary N) is 2. The van der Waals surface area contributed by atoms with Crippen LogP contribution in [0.5, 0.6) is 11.5 Å². The summed E-state index contributed by atoms with van der Waals surface area (Å²) in [5.41, 5.74) is 9.12. The molecule has 0 aliphatic carbocycles. The van der Waals surface area contributed by atoms with E-state index in [0.29, 0.717) is 33.8 Å². The number of carbonyl (C=O) groups is 1. The van der Waals surface area contributed by atoms with Crippen molar-refractivity contribution in [3.63, 3.8) is 0 Å². The number of hydrogen-bond donors (Lipinski definition) is 3. The normalized spacial score (nSPS) is 11.4. The number of benzene rings is 4. The van der Waals surface area contributed by atoms with Crippen LogP contribution < -0.4 is 21.1 Å². The number of nitrogen functional groups attached to an aromatic ring is 1. The van der Waals surface area contributed by atoms with E-state index in [1.807, 2.05) is 81.4 Å². The van der Waals surface area contributed by atoms with Crippen molar-refractivity contribution in [2.24, 2.45) is 0 Å². The highest BCUT2D eigenvalue weighted by Gasteiger charge is 2.21. The molecule has 4 N–H and O–H groups in total. The lowest BCUT2D eigenvalue weighted by Crippen LogP contribution is -2.19. The van der Waals surface area contributed by atoms with Gasteiger partial charge in [-0.3, -0.25) is 5.32 Å². The van der Waals surface area contributed by atoms with Gasteiger partial charge in [-0.1, -0.05) is 50.2 Å². The summed E-state index contributed by atoms with van der Waals surface area (Å²) in [6.07, 6.45) is 0. The van der Waals surface area contributed by atoms with Crippen molar-refractivity contribution in [3.8, 4) is 28.4 Å². The molecule has 43 heavy (non-hydrogen) atoms. The molecule has 0 radical (unpaired) electrons. The zero-order chi connectivity index (χ0) is 30.1. The predicted molar refractivity (Wildman–Crippen MR) is 165 cm³/mol. The van der Waals surface area contributed by atoms with Crippen LogP contribution in [-0.2, 0) is 5.41 Å². The number of aromatic nitrogens is 3. The highest BCUT2D eigenvalue weighted by atomic mass is 19.1. The average molecular weight is 577 g/mol. The van der Waals surface area contributed by atoms with Crippen LogP contribution in [0.4, 0.5) is 26.4 Å². The number of nitrogens with two attached hydrogens (primary N) is 1. The fourth-order valence-electron chi connectivity index (χ4n) is 4.61. The Balaban J connectivity index is 1.26. The number of halogens is 1. The molecule has 0 atom stereocenters. The predicted octanol–water partition coefficient (Wildman–Crippen LogP) is 8.14. The van der Waals surface area contributed by atoms with Crippen LogP contribution >= 0.6 is 0 Å². The Morgan fingerprint density at radius 2 is 1.65 bits per heavy atom. The second-order valence-electron chi connectivity index (χ2n) is 11.0. The first kappa shape index (κ1) is 27.5. The van der Waals surface area contributed by atoms with Gasteiger partial charge in [0.15, 0.2) is 11.6 Å². The van der Waals surface area contributed by atoms with Gasteiger partial charge in [0.05, 0.1) is 10.9 Å². The molecule has 4 aromatic carbocycles. The molecule has 0 saturated carbocycles. The minimum absolute atomic E-state index is 0.197. The van der Waals surface area contributed by atoms with Gasteiger partial charge in [-0.2, -0.15) is 5.10 Å². The van der Waals surface area contributed by atoms with Crippen LogP contribution in [0.2, 0.25) is 0 Å². The number of fused-ring (bicyclic) bond motifs is 1. The first-order valence-corrected chi connectivity index (χ1v) is 13.6. The highest BCUT2D eigenvalue weighted by Crippen LogP contribution is 2.35. The third kappa shape index (κ3) is 5.76. The maximum Gasteiger partial charge on any atom is 0.324 e. The first-order valence-electron chi connectivity index (χ1n) is 13.6. The van der Waals surface area contributed by atoms with Gasteiger partial charge in [0.25, 0.3) is 0 Å². The lowest BCUT2D eigenvalue weighted by Gasteiger charge is -2.12. The summed E-state index contributed by atoms with van der Waals surface area (Å²) in [5.74, 6) is 1.70. The molecule has 0 unspecified atom stereocenters. The number of para-hydroxylation sites is 1. The standard InChI is InChI=1S/C33H29FN6O3/c1-33(2,3)28-19-29(39-43-28)37-32(41)36-21-14-17-26(24(34)18-21)40-27-11-7-10-25(35)30(27)31(38-40)20-12-15-23(16-13-20)42-22-8-5-4-6-9-22/h4-19H,35H2,1-3H3,(H2,36,37,39,41). The third-order valence-electron chi connectivity index (χ3n) is 6.77. The first-order chi connectivity index (χ1) is 20.7. The van der Waals surface area contributed by atoms with Gasteiger partial charge in [-0.25, -0.2) is 13.9 Å². The van der Waals surface area contributed by atoms with Gasteiger partial charge in [-0.15, -0.1) is 0 Å². The quantitative estimate of drug-likeness (QED) is 0.172. The van der Waals surface area contributed by atoms with E-state index in [2.05, 4.69) is 15.8 Å². The lowest BCUT2D eigenvalue weighted by atomic mass is 9.93. The minimum atomic E-state index is -0.584. The van der Waals surface area contributed by atoms with Crippen LogP contribution in [0.15, 0.2) is 102 Å². The maximum absolute atomic E-state index is 15.5. The zero-order valence-corrected chi connectivity index (χ0v) is 23.8. The summed E-state index contributed by atoms with van der Waals surface area (Å²) in [5, 5.41) is 14.6. The smallest absolute Gasteiger partial charge is 0.324 e. The highest BCUT2D eigenvalue weighted by molar-refractivity contribution is 6.02. The van der Waals surface area contributed by atoms with Crippen molar-refractivity contribution >= 4 is 34.1 Å². The second kappa shape index (κ2) is 11.0. The fourth-order valence-corrected chi connectivity index (χ4v) is 4.61. The van der Waals surface area contributed by atoms with Crippen LogP contribution in [0.25, 0.3) is 27.8 Å². The number of nitrogens with zero attached hydrogens (tertiary/aromatic N) is 3. The third-order valence-corrected chi connectivity index (χ3v) is 6.77. The number of amides is 2. The zero-order valence-electron chi connectivity index (χ0n) is 23.8. The molecule has 0 aliphatic rings. The molecular weight excluding hydrogens is 547 g/mol. The summed E-state index contributed by atoms with van der Waals surface area (Å²) in [7, 11) is 0. The molecule has 0 fully saturated rings. The Bertz CT molecular complexity index is 1920. The number of urea groups is 1. The molecule has 0 spiro atoms. The Labute approximate surface area is 247 Å². The molecule has 2 aromatic heterocycles. The maximum atomic E-state index is 15.5. The van der Waals surface area contributed by atoms with Crippen molar-refractivity contribution in [1.82, 2.24) is 14.9 Å². The van der Waals surface area contributed by atoms with Gasteiger partial charge < -0.3 is 20.3 Å². The van der Waals surface area contributed by atoms with E-state index in [1.54, 1.807) is 30.3 Å². The van der Waals surface area contributed by atoms with Gasteiger partial charge in [-0.05, 0) is 66.7 Å². The molecule has 9 nitrogen and oxygen atoms in total. The van der Waals surface area contributed by atoms with E-state index in [9.17, 15) is 4.79 Å². The van der Waals surface area contributed by atoms with Crippen LogP contribution in [0.3, 0.4) is 0 Å². The van der Waals surface area contributed by atoms with Gasteiger partial charge in [0.2, 0.25) is 0 Å². The van der Waals surface area contributed by atoms with E-state index in [1.165, 1.54) is 10.7 Å². The number of hydrogen-bond acceptors (Lipinski definition) is 6.